The fourth-order valence-corrected chi connectivity index (χ4v) is 5.20. The second-order valence-electron chi connectivity index (χ2n) is 9.05. The van der Waals surface area contributed by atoms with Gasteiger partial charge in [0.1, 0.15) is 0 Å². The highest BCUT2D eigenvalue weighted by atomic mass is 16.5. The van der Waals surface area contributed by atoms with Crippen molar-refractivity contribution in [3.8, 4) is 0 Å². The van der Waals surface area contributed by atoms with E-state index in [1.807, 2.05) is 35.2 Å². The number of carbonyl (C=O) groups excluding carboxylic acids is 2. The number of piperidine rings is 1. The summed E-state index contributed by atoms with van der Waals surface area (Å²) in [6.07, 6.45) is 9.92. The van der Waals surface area contributed by atoms with Gasteiger partial charge in [0.2, 0.25) is 5.91 Å². The summed E-state index contributed by atoms with van der Waals surface area (Å²) < 4.78 is 6.26. The van der Waals surface area contributed by atoms with Gasteiger partial charge in [-0.1, -0.05) is 50.3 Å². The number of ether oxygens (including phenoxy) is 1. The van der Waals surface area contributed by atoms with Crippen LogP contribution in [-0.2, 0) is 9.53 Å². The van der Waals surface area contributed by atoms with Crippen LogP contribution >= 0.6 is 0 Å². The van der Waals surface area contributed by atoms with Gasteiger partial charge in [-0.25, -0.2) is 0 Å². The molecule has 3 aliphatic rings. The molecule has 1 aliphatic carbocycles. The summed E-state index contributed by atoms with van der Waals surface area (Å²) in [4.78, 5) is 29.4. The zero-order chi connectivity index (χ0) is 20.1. The van der Waals surface area contributed by atoms with Crippen LogP contribution in [0.25, 0.3) is 0 Å². The van der Waals surface area contributed by atoms with Crippen LogP contribution < -0.4 is 0 Å². The molecule has 0 aromatic heterocycles. The molecule has 0 bridgehead atoms. The summed E-state index contributed by atoms with van der Waals surface area (Å²) in [5.74, 6) is 1.11. The van der Waals surface area contributed by atoms with Crippen molar-refractivity contribution in [3.63, 3.8) is 0 Å². The third-order valence-electron chi connectivity index (χ3n) is 7.07. The van der Waals surface area contributed by atoms with Crippen molar-refractivity contribution in [1.82, 2.24) is 9.80 Å². The first-order chi connectivity index (χ1) is 14.2. The second kappa shape index (κ2) is 9.29. The van der Waals surface area contributed by atoms with Crippen LogP contribution in [0.2, 0.25) is 0 Å². The second-order valence-corrected chi connectivity index (χ2v) is 9.05. The minimum Gasteiger partial charge on any atom is -0.372 e. The van der Waals surface area contributed by atoms with Gasteiger partial charge in [-0.05, 0) is 37.3 Å². The maximum absolute atomic E-state index is 12.8. The molecule has 4 rings (SSSR count). The predicted octanol–water partition coefficient (Wildman–Crippen LogP) is 3.88. The van der Waals surface area contributed by atoms with E-state index in [2.05, 4.69) is 4.90 Å². The molecule has 3 fully saturated rings. The zero-order valence-electron chi connectivity index (χ0n) is 17.5. The van der Waals surface area contributed by atoms with Gasteiger partial charge in [0.15, 0.2) is 0 Å². The molecule has 1 saturated carbocycles. The topological polar surface area (TPSA) is 49.9 Å². The molecule has 2 amide bonds. The molecular weight excluding hydrogens is 364 g/mol. The van der Waals surface area contributed by atoms with Gasteiger partial charge >= 0.3 is 0 Å². The van der Waals surface area contributed by atoms with Crippen LogP contribution in [0.1, 0.15) is 68.1 Å². The number of likely N-dealkylation sites (tertiary alicyclic amines) is 1. The summed E-state index contributed by atoms with van der Waals surface area (Å²) >= 11 is 0. The normalized spacial score (nSPS) is 23.2. The Morgan fingerprint density at radius 3 is 2.52 bits per heavy atom. The summed E-state index contributed by atoms with van der Waals surface area (Å²) in [5, 5.41) is 0. The lowest BCUT2D eigenvalue weighted by molar-refractivity contribution is -0.132. The first-order valence-electron chi connectivity index (χ1n) is 11.4. The first-order valence-corrected chi connectivity index (χ1v) is 11.4. The van der Waals surface area contributed by atoms with Crippen molar-refractivity contribution >= 4 is 11.8 Å². The van der Waals surface area contributed by atoms with Crippen LogP contribution in [0.5, 0.6) is 0 Å². The quantitative estimate of drug-likeness (QED) is 0.773. The molecule has 5 heteroatoms. The standard InChI is InChI=1S/C24H34N2O3/c27-22-12-18-29-24(19-26(22)15-11-20-7-3-1-4-8-20)13-16-25(17-14-24)23(28)21-9-5-2-6-10-21/h2,5-6,9-10,20H,1,3-4,7-8,11-19H2. The van der Waals surface area contributed by atoms with Crippen molar-refractivity contribution in [2.24, 2.45) is 5.92 Å². The summed E-state index contributed by atoms with van der Waals surface area (Å²) in [6.45, 7) is 3.44. The minimum atomic E-state index is -0.286. The molecule has 0 unspecified atom stereocenters. The first kappa shape index (κ1) is 20.4. The molecule has 158 valence electrons. The van der Waals surface area contributed by atoms with Crippen molar-refractivity contribution in [1.29, 1.82) is 0 Å². The van der Waals surface area contributed by atoms with E-state index in [-0.39, 0.29) is 17.4 Å². The molecule has 1 aromatic rings. The van der Waals surface area contributed by atoms with Crippen molar-refractivity contribution in [2.45, 2.75) is 63.4 Å². The fourth-order valence-electron chi connectivity index (χ4n) is 5.20. The molecule has 0 N–H and O–H groups in total. The molecule has 1 aromatic carbocycles. The Balaban J connectivity index is 1.34. The minimum absolute atomic E-state index is 0.0966. The lowest BCUT2D eigenvalue weighted by Gasteiger charge is -2.42. The summed E-state index contributed by atoms with van der Waals surface area (Å²) in [5.41, 5.74) is 0.459. The number of rotatable bonds is 4. The Morgan fingerprint density at radius 1 is 1.07 bits per heavy atom. The SMILES string of the molecule is O=C1CCOC2(CCN(C(=O)c3ccccc3)CC2)CN1CCC1CCCCC1. The fraction of sp³-hybridized carbons (Fsp3) is 0.667. The van der Waals surface area contributed by atoms with Crippen LogP contribution in [0, 0.1) is 5.92 Å². The average molecular weight is 399 g/mol. The highest BCUT2D eigenvalue weighted by Gasteiger charge is 2.41. The van der Waals surface area contributed by atoms with Gasteiger partial charge in [-0.2, -0.15) is 0 Å². The van der Waals surface area contributed by atoms with E-state index in [0.717, 1.165) is 37.3 Å². The number of hydrogen-bond donors (Lipinski definition) is 0. The Hall–Kier alpha value is -1.88. The molecule has 5 nitrogen and oxygen atoms in total. The molecule has 2 heterocycles. The smallest absolute Gasteiger partial charge is 0.253 e. The maximum atomic E-state index is 12.8. The van der Waals surface area contributed by atoms with Crippen molar-refractivity contribution in [2.75, 3.05) is 32.8 Å². The van der Waals surface area contributed by atoms with Gasteiger partial charge in [-0.3, -0.25) is 9.59 Å². The number of amides is 2. The van der Waals surface area contributed by atoms with E-state index in [4.69, 9.17) is 4.74 Å². The molecule has 29 heavy (non-hydrogen) atoms. The van der Waals surface area contributed by atoms with Gasteiger partial charge < -0.3 is 14.5 Å². The Kier molecular flexibility index (Phi) is 6.53. The highest BCUT2D eigenvalue weighted by molar-refractivity contribution is 5.94. The van der Waals surface area contributed by atoms with Gasteiger partial charge in [-0.15, -0.1) is 0 Å². The van der Waals surface area contributed by atoms with Crippen LogP contribution in [0.4, 0.5) is 0 Å². The lowest BCUT2D eigenvalue weighted by atomic mass is 9.86. The van der Waals surface area contributed by atoms with E-state index >= 15 is 0 Å². The number of nitrogens with zero attached hydrogens (tertiary/aromatic N) is 2. The Morgan fingerprint density at radius 2 is 1.79 bits per heavy atom. The molecule has 1 spiro atoms. The van der Waals surface area contributed by atoms with Gasteiger partial charge in [0.25, 0.3) is 5.91 Å². The molecule has 2 saturated heterocycles. The molecular formula is C24H34N2O3. The Bertz CT molecular complexity index is 691. The van der Waals surface area contributed by atoms with Crippen LogP contribution in [-0.4, -0.2) is 60.0 Å². The van der Waals surface area contributed by atoms with E-state index in [1.54, 1.807) is 0 Å². The third kappa shape index (κ3) is 5.00. The highest BCUT2D eigenvalue weighted by Crippen LogP contribution is 2.32. The van der Waals surface area contributed by atoms with Crippen LogP contribution in [0.15, 0.2) is 30.3 Å². The van der Waals surface area contributed by atoms with E-state index < -0.39 is 0 Å². The number of benzene rings is 1. The zero-order valence-corrected chi connectivity index (χ0v) is 17.5. The van der Waals surface area contributed by atoms with Crippen molar-refractivity contribution < 1.29 is 14.3 Å². The third-order valence-corrected chi connectivity index (χ3v) is 7.07. The molecule has 0 radical (unpaired) electrons. The maximum Gasteiger partial charge on any atom is 0.253 e. The predicted molar refractivity (Wildman–Crippen MR) is 113 cm³/mol. The van der Waals surface area contributed by atoms with Gasteiger partial charge in [0, 0.05) is 31.7 Å². The van der Waals surface area contributed by atoms with Gasteiger partial charge in [0.05, 0.1) is 18.6 Å². The Labute approximate surface area is 174 Å². The van der Waals surface area contributed by atoms with E-state index in [1.165, 1.54) is 32.1 Å². The largest absolute Gasteiger partial charge is 0.372 e. The average Bonchev–Trinajstić information content (AvgIpc) is 2.92. The van der Waals surface area contributed by atoms with E-state index in [9.17, 15) is 9.59 Å². The molecule has 0 atom stereocenters. The van der Waals surface area contributed by atoms with Crippen molar-refractivity contribution in [3.05, 3.63) is 35.9 Å². The monoisotopic (exact) mass is 398 g/mol. The lowest BCUT2D eigenvalue weighted by Crippen LogP contribution is -2.53. The number of hydrogen-bond acceptors (Lipinski definition) is 3. The van der Waals surface area contributed by atoms with E-state index in [0.29, 0.717) is 32.7 Å². The number of carbonyl (C=O) groups is 2. The summed E-state index contributed by atoms with van der Waals surface area (Å²) in [7, 11) is 0. The summed E-state index contributed by atoms with van der Waals surface area (Å²) in [6, 6.07) is 9.49. The van der Waals surface area contributed by atoms with Crippen LogP contribution in [0.3, 0.4) is 0 Å². The molecule has 2 aliphatic heterocycles.